The van der Waals surface area contributed by atoms with Crippen molar-refractivity contribution in [1.29, 1.82) is 0 Å². The third-order valence-corrected chi connectivity index (χ3v) is 5.19. The molecule has 0 amide bonds. The number of ether oxygens (including phenoxy) is 1. The smallest absolute Gasteiger partial charge is 0.145 e. The quantitative estimate of drug-likeness (QED) is 0.724. The molecule has 0 bridgehead atoms. The third-order valence-electron chi connectivity index (χ3n) is 5.19. The highest BCUT2D eigenvalue weighted by Gasteiger charge is 2.54. The van der Waals surface area contributed by atoms with E-state index in [1.165, 1.54) is 11.1 Å². The maximum absolute atomic E-state index is 15.2. The summed E-state index contributed by atoms with van der Waals surface area (Å²) in [5.41, 5.74) is 1.92. The molecule has 122 valence electrons. The Hall–Kier alpha value is -0.410. The predicted octanol–water partition coefficient (Wildman–Crippen LogP) is 4.20. The van der Waals surface area contributed by atoms with Crippen molar-refractivity contribution in [2.45, 2.75) is 78.8 Å². The van der Waals surface area contributed by atoms with E-state index in [9.17, 15) is 0 Å². The van der Waals surface area contributed by atoms with E-state index >= 15 is 4.39 Å². The van der Waals surface area contributed by atoms with Crippen LogP contribution in [0.4, 0.5) is 4.39 Å². The van der Waals surface area contributed by atoms with Gasteiger partial charge in [0, 0.05) is 19.1 Å². The van der Waals surface area contributed by atoms with Crippen LogP contribution >= 0.6 is 0 Å². The van der Waals surface area contributed by atoms with Crippen molar-refractivity contribution in [1.82, 2.24) is 4.90 Å². The minimum absolute atomic E-state index is 0.0475. The molecule has 3 heteroatoms. The number of piperidine rings is 1. The van der Waals surface area contributed by atoms with Gasteiger partial charge in [-0.3, -0.25) is 4.90 Å². The first-order chi connectivity index (χ1) is 9.70. The summed E-state index contributed by atoms with van der Waals surface area (Å²) in [5, 5.41) is 0. The summed E-state index contributed by atoms with van der Waals surface area (Å²) in [6.45, 7) is 16.6. The van der Waals surface area contributed by atoms with Crippen molar-refractivity contribution >= 4 is 0 Å². The van der Waals surface area contributed by atoms with Crippen LogP contribution in [0, 0.1) is 11.8 Å². The fourth-order valence-corrected chi connectivity index (χ4v) is 4.32. The van der Waals surface area contributed by atoms with Gasteiger partial charge in [0.2, 0.25) is 0 Å². The topological polar surface area (TPSA) is 12.5 Å². The molecule has 2 heterocycles. The molecule has 2 nitrogen and oxygen atoms in total. The molecule has 2 aliphatic rings. The summed E-state index contributed by atoms with van der Waals surface area (Å²) in [4.78, 5) is 2.23. The number of alkyl halides is 1. The van der Waals surface area contributed by atoms with E-state index in [1.807, 2.05) is 0 Å². The third kappa shape index (κ3) is 2.79. The normalized spacial score (nSPS) is 35.0. The summed E-state index contributed by atoms with van der Waals surface area (Å²) in [5.74, 6) is 0.767. The standard InChI is InChI=1S/C18H32FNO/c1-11(2)16-14(7)21-18(17(16)12(3)4)8-9-20(13(5)6)10-15(18)19/h11-15H,8-10H2,1-7H3. The largest absolute Gasteiger partial charge is 0.360 e. The zero-order valence-corrected chi connectivity index (χ0v) is 14.7. The van der Waals surface area contributed by atoms with Crippen molar-refractivity contribution in [3.63, 3.8) is 0 Å². The molecule has 0 aromatic carbocycles. The van der Waals surface area contributed by atoms with Gasteiger partial charge < -0.3 is 4.74 Å². The molecule has 1 spiro atoms. The first kappa shape index (κ1) is 17.0. The Morgan fingerprint density at radius 3 is 2.19 bits per heavy atom. The fourth-order valence-electron chi connectivity index (χ4n) is 4.32. The van der Waals surface area contributed by atoms with Gasteiger partial charge >= 0.3 is 0 Å². The number of hydrogen-bond acceptors (Lipinski definition) is 2. The molecule has 21 heavy (non-hydrogen) atoms. The Bertz CT molecular complexity index is 415. The lowest BCUT2D eigenvalue weighted by Gasteiger charge is -2.45. The SMILES string of the molecule is CC(C)C1=C(C(C)C)C2(CCN(C(C)C)CC2F)OC1C. The van der Waals surface area contributed by atoms with E-state index in [2.05, 4.69) is 53.4 Å². The van der Waals surface area contributed by atoms with E-state index in [1.54, 1.807) is 0 Å². The van der Waals surface area contributed by atoms with Crippen LogP contribution in [-0.2, 0) is 4.74 Å². The van der Waals surface area contributed by atoms with E-state index in [0.29, 0.717) is 24.4 Å². The van der Waals surface area contributed by atoms with Crippen LogP contribution in [0.1, 0.15) is 54.9 Å². The Kier molecular flexibility index (Phi) is 4.84. The Morgan fingerprint density at radius 2 is 1.76 bits per heavy atom. The molecule has 3 atom stereocenters. The molecule has 0 N–H and O–H groups in total. The summed E-state index contributed by atoms with van der Waals surface area (Å²) in [6.07, 6.45) is -0.101. The average Bonchev–Trinajstić information content (AvgIpc) is 2.66. The highest BCUT2D eigenvalue weighted by molar-refractivity contribution is 5.37. The number of rotatable bonds is 3. The molecular formula is C18H32FNO. The summed E-state index contributed by atoms with van der Waals surface area (Å²) in [7, 11) is 0. The van der Waals surface area contributed by atoms with Gasteiger partial charge in [-0.2, -0.15) is 0 Å². The first-order valence-corrected chi connectivity index (χ1v) is 8.51. The second-order valence-electron chi connectivity index (χ2n) is 7.63. The van der Waals surface area contributed by atoms with E-state index in [0.717, 1.165) is 13.0 Å². The molecule has 2 aliphatic heterocycles. The van der Waals surface area contributed by atoms with Gasteiger partial charge in [-0.05, 0) is 50.2 Å². The minimum atomic E-state index is -0.926. The second-order valence-corrected chi connectivity index (χ2v) is 7.63. The molecule has 0 aromatic heterocycles. The maximum atomic E-state index is 15.2. The summed E-state index contributed by atoms with van der Waals surface area (Å²) in [6, 6.07) is 0.399. The van der Waals surface area contributed by atoms with Crippen LogP contribution in [0.2, 0.25) is 0 Å². The predicted molar refractivity (Wildman–Crippen MR) is 86.2 cm³/mol. The average molecular weight is 297 g/mol. The lowest BCUT2D eigenvalue weighted by Crippen LogP contribution is -2.57. The second kappa shape index (κ2) is 6.00. The Balaban J connectivity index is 2.39. The maximum Gasteiger partial charge on any atom is 0.145 e. The van der Waals surface area contributed by atoms with Gasteiger partial charge in [0.05, 0.1) is 6.10 Å². The molecule has 0 saturated carbocycles. The van der Waals surface area contributed by atoms with Crippen molar-refractivity contribution in [2.75, 3.05) is 13.1 Å². The Labute approximate surface area is 129 Å². The number of halogens is 1. The molecule has 2 rings (SSSR count). The summed E-state index contributed by atoms with van der Waals surface area (Å²) >= 11 is 0. The molecule has 0 aromatic rings. The number of nitrogens with zero attached hydrogens (tertiary/aromatic N) is 1. The molecule has 1 fully saturated rings. The van der Waals surface area contributed by atoms with E-state index in [-0.39, 0.29) is 6.10 Å². The van der Waals surface area contributed by atoms with Gasteiger partial charge in [0.25, 0.3) is 0 Å². The first-order valence-electron chi connectivity index (χ1n) is 8.51. The molecule has 3 unspecified atom stereocenters. The highest BCUT2D eigenvalue weighted by Crippen LogP contribution is 2.49. The molecule has 0 aliphatic carbocycles. The Morgan fingerprint density at radius 1 is 1.14 bits per heavy atom. The lowest BCUT2D eigenvalue weighted by molar-refractivity contribution is -0.116. The van der Waals surface area contributed by atoms with Crippen molar-refractivity contribution < 1.29 is 9.13 Å². The van der Waals surface area contributed by atoms with Crippen LogP contribution in [-0.4, -0.2) is 41.9 Å². The molecule has 1 saturated heterocycles. The van der Waals surface area contributed by atoms with E-state index in [4.69, 9.17) is 4.74 Å². The fraction of sp³-hybridized carbons (Fsp3) is 0.889. The van der Waals surface area contributed by atoms with Gasteiger partial charge in [-0.25, -0.2) is 4.39 Å². The number of hydrogen-bond donors (Lipinski definition) is 0. The zero-order chi connectivity index (χ0) is 15.9. The monoisotopic (exact) mass is 297 g/mol. The van der Waals surface area contributed by atoms with Gasteiger partial charge in [-0.1, -0.05) is 27.7 Å². The van der Waals surface area contributed by atoms with Crippen LogP contribution in [0.5, 0.6) is 0 Å². The molecule has 0 radical (unpaired) electrons. The highest BCUT2D eigenvalue weighted by atomic mass is 19.1. The van der Waals surface area contributed by atoms with Crippen LogP contribution in [0.15, 0.2) is 11.1 Å². The van der Waals surface area contributed by atoms with Crippen molar-refractivity contribution in [2.24, 2.45) is 11.8 Å². The molecular weight excluding hydrogens is 265 g/mol. The van der Waals surface area contributed by atoms with Crippen molar-refractivity contribution in [3.8, 4) is 0 Å². The number of likely N-dealkylation sites (tertiary alicyclic amines) is 1. The van der Waals surface area contributed by atoms with Crippen LogP contribution < -0.4 is 0 Å². The summed E-state index contributed by atoms with van der Waals surface area (Å²) < 4.78 is 21.5. The van der Waals surface area contributed by atoms with Crippen molar-refractivity contribution in [3.05, 3.63) is 11.1 Å². The van der Waals surface area contributed by atoms with Crippen LogP contribution in [0.3, 0.4) is 0 Å². The lowest BCUT2D eigenvalue weighted by atomic mass is 9.75. The van der Waals surface area contributed by atoms with Gasteiger partial charge in [-0.15, -0.1) is 0 Å². The van der Waals surface area contributed by atoms with E-state index < -0.39 is 11.8 Å². The van der Waals surface area contributed by atoms with Gasteiger partial charge in [0.1, 0.15) is 11.8 Å². The minimum Gasteiger partial charge on any atom is -0.360 e. The van der Waals surface area contributed by atoms with Gasteiger partial charge in [0.15, 0.2) is 0 Å². The van der Waals surface area contributed by atoms with Crippen LogP contribution in [0.25, 0.3) is 0 Å². The zero-order valence-electron chi connectivity index (χ0n) is 14.7.